The van der Waals surface area contributed by atoms with Gasteiger partial charge in [-0.1, -0.05) is 25.0 Å². The number of aryl methyl sites for hydroxylation is 1. The Kier molecular flexibility index (Phi) is 8.81. The van der Waals surface area contributed by atoms with E-state index in [0.29, 0.717) is 13.0 Å². The summed E-state index contributed by atoms with van der Waals surface area (Å²) in [5.41, 5.74) is 1.33. The summed E-state index contributed by atoms with van der Waals surface area (Å²) in [7, 11) is 0. The second kappa shape index (κ2) is 11.6. The molecule has 0 aromatic heterocycles. The highest BCUT2D eigenvalue weighted by atomic mass is 16.7. The smallest absolute Gasteiger partial charge is 0.302 e. The largest absolute Gasteiger partial charge is 0.493 e. The fourth-order valence-corrected chi connectivity index (χ4v) is 4.28. The van der Waals surface area contributed by atoms with E-state index in [2.05, 4.69) is 24.3 Å². The molecule has 5 heteroatoms. The molecule has 3 atom stereocenters. The van der Waals surface area contributed by atoms with Crippen molar-refractivity contribution >= 4 is 5.97 Å². The molecule has 2 fully saturated rings. The van der Waals surface area contributed by atoms with E-state index in [-0.39, 0.29) is 24.5 Å². The van der Waals surface area contributed by atoms with Gasteiger partial charge in [-0.05, 0) is 62.6 Å². The Bertz CT molecular complexity index is 608. The van der Waals surface area contributed by atoms with E-state index in [4.69, 9.17) is 18.9 Å². The summed E-state index contributed by atoms with van der Waals surface area (Å²) < 4.78 is 22.9. The molecule has 1 heterocycles. The number of rotatable bonds is 10. The van der Waals surface area contributed by atoms with Gasteiger partial charge in [0.15, 0.2) is 6.29 Å². The molecular weight excluding hydrogens is 368 g/mol. The van der Waals surface area contributed by atoms with Gasteiger partial charge in [-0.2, -0.15) is 0 Å². The molecule has 1 aromatic carbocycles. The van der Waals surface area contributed by atoms with E-state index in [1.807, 2.05) is 6.92 Å². The van der Waals surface area contributed by atoms with Crippen molar-refractivity contribution in [2.75, 3.05) is 13.2 Å². The van der Waals surface area contributed by atoms with Crippen LogP contribution in [0, 0.1) is 5.92 Å². The minimum Gasteiger partial charge on any atom is -0.493 e. The van der Waals surface area contributed by atoms with Crippen molar-refractivity contribution in [1.29, 1.82) is 0 Å². The Balaban J connectivity index is 1.28. The average Bonchev–Trinajstić information content (AvgIpc) is 3.20. The molecule has 5 nitrogen and oxygen atoms in total. The molecule has 0 radical (unpaired) electrons. The Labute approximate surface area is 175 Å². The predicted octanol–water partition coefficient (Wildman–Crippen LogP) is 5.05. The van der Waals surface area contributed by atoms with E-state index in [9.17, 15) is 4.79 Å². The van der Waals surface area contributed by atoms with Crippen LogP contribution in [0.4, 0.5) is 0 Å². The van der Waals surface area contributed by atoms with Gasteiger partial charge < -0.3 is 18.9 Å². The second-order valence-corrected chi connectivity index (χ2v) is 8.51. The Morgan fingerprint density at radius 2 is 1.86 bits per heavy atom. The van der Waals surface area contributed by atoms with E-state index in [1.165, 1.54) is 38.2 Å². The predicted molar refractivity (Wildman–Crippen MR) is 112 cm³/mol. The van der Waals surface area contributed by atoms with Crippen LogP contribution in [-0.2, 0) is 25.4 Å². The maximum Gasteiger partial charge on any atom is 0.302 e. The first-order valence-electron chi connectivity index (χ1n) is 11.2. The molecule has 3 unspecified atom stereocenters. The molecule has 0 spiro atoms. The molecule has 29 heavy (non-hydrogen) atoms. The molecule has 1 saturated carbocycles. The number of carbonyl (C=O) groups excluding carboxylic acids is 1. The number of ether oxygens (including phenoxy) is 4. The third-order valence-corrected chi connectivity index (χ3v) is 5.81. The van der Waals surface area contributed by atoms with Crippen molar-refractivity contribution in [2.45, 2.75) is 90.1 Å². The summed E-state index contributed by atoms with van der Waals surface area (Å²) in [6.45, 7) is 4.96. The molecule has 0 bridgehead atoms. The third kappa shape index (κ3) is 7.98. The highest BCUT2D eigenvalue weighted by Gasteiger charge is 2.29. The zero-order valence-corrected chi connectivity index (χ0v) is 17.9. The first kappa shape index (κ1) is 22.1. The number of hydrogen-bond donors (Lipinski definition) is 0. The van der Waals surface area contributed by atoms with Crippen LogP contribution in [0.1, 0.15) is 70.8 Å². The van der Waals surface area contributed by atoms with Crippen LogP contribution in [-0.4, -0.2) is 37.7 Å². The first-order chi connectivity index (χ1) is 14.1. The van der Waals surface area contributed by atoms with Crippen molar-refractivity contribution < 1.29 is 23.7 Å². The fraction of sp³-hybridized carbons (Fsp3) is 0.708. The lowest BCUT2D eigenvalue weighted by atomic mass is 10.1. The number of hydrogen-bond acceptors (Lipinski definition) is 5. The fourth-order valence-electron chi connectivity index (χ4n) is 4.28. The molecule has 0 amide bonds. The van der Waals surface area contributed by atoms with Gasteiger partial charge in [0.1, 0.15) is 11.9 Å². The molecule has 1 aliphatic carbocycles. The van der Waals surface area contributed by atoms with E-state index in [0.717, 1.165) is 44.0 Å². The maximum absolute atomic E-state index is 11.2. The highest BCUT2D eigenvalue weighted by molar-refractivity contribution is 5.66. The number of esters is 1. The van der Waals surface area contributed by atoms with E-state index in [1.54, 1.807) is 0 Å². The lowest BCUT2D eigenvalue weighted by Gasteiger charge is -2.33. The van der Waals surface area contributed by atoms with Gasteiger partial charge in [-0.15, -0.1) is 0 Å². The maximum atomic E-state index is 11.2. The minimum atomic E-state index is -0.278. The van der Waals surface area contributed by atoms with Crippen molar-refractivity contribution in [3.05, 3.63) is 29.8 Å². The Hall–Kier alpha value is -1.59. The quantitative estimate of drug-likeness (QED) is 0.403. The van der Waals surface area contributed by atoms with Crippen LogP contribution < -0.4 is 4.74 Å². The van der Waals surface area contributed by atoms with E-state index < -0.39 is 0 Å². The highest BCUT2D eigenvalue weighted by Crippen LogP contribution is 2.26. The molecule has 3 rings (SSSR count). The van der Waals surface area contributed by atoms with Crippen LogP contribution in [0.3, 0.4) is 0 Å². The summed E-state index contributed by atoms with van der Waals surface area (Å²) in [4.78, 5) is 11.2. The van der Waals surface area contributed by atoms with Gasteiger partial charge in [0.25, 0.3) is 0 Å². The summed E-state index contributed by atoms with van der Waals surface area (Å²) in [5.74, 6) is 1.49. The summed E-state index contributed by atoms with van der Waals surface area (Å²) in [6, 6.07) is 8.52. The lowest BCUT2D eigenvalue weighted by Crippen LogP contribution is -2.38. The minimum absolute atomic E-state index is 0.0486. The van der Waals surface area contributed by atoms with Crippen molar-refractivity contribution in [3.8, 4) is 5.75 Å². The topological polar surface area (TPSA) is 54.0 Å². The van der Waals surface area contributed by atoms with Gasteiger partial charge >= 0.3 is 5.97 Å². The zero-order valence-electron chi connectivity index (χ0n) is 17.9. The van der Waals surface area contributed by atoms with Gasteiger partial charge in [0.05, 0.1) is 12.7 Å². The van der Waals surface area contributed by atoms with Crippen LogP contribution in [0.2, 0.25) is 0 Å². The molecule has 1 aliphatic heterocycles. The zero-order chi connectivity index (χ0) is 20.5. The summed E-state index contributed by atoms with van der Waals surface area (Å²) >= 11 is 0. The first-order valence-corrected chi connectivity index (χ1v) is 11.2. The average molecular weight is 405 g/mol. The Morgan fingerprint density at radius 1 is 1.10 bits per heavy atom. The molecule has 0 N–H and O–H groups in total. The summed E-state index contributed by atoms with van der Waals surface area (Å²) in [5, 5.41) is 0. The van der Waals surface area contributed by atoms with Crippen LogP contribution in [0.25, 0.3) is 0 Å². The van der Waals surface area contributed by atoms with E-state index >= 15 is 0 Å². The second-order valence-electron chi connectivity index (χ2n) is 8.51. The molecule has 1 saturated heterocycles. The normalized spacial score (nSPS) is 25.1. The summed E-state index contributed by atoms with van der Waals surface area (Å²) in [6.07, 6.45) is 9.44. The standard InChI is InChI=1S/C24H36O5/c1-18-15-23(29-19(2)25)16-24(28-18)26-14-6-5-7-20-10-12-22(13-11-20)27-17-21-8-3-4-9-21/h10-13,18,21,23-24H,3-9,14-17H2,1-2H3. The van der Waals surface area contributed by atoms with Gasteiger partial charge in [0, 0.05) is 26.4 Å². The van der Waals surface area contributed by atoms with Crippen LogP contribution in [0.15, 0.2) is 24.3 Å². The lowest BCUT2D eigenvalue weighted by molar-refractivity contribution is -0.217. The van der Waals surface area contributed by atoms with Crippen LogP contribution in [0.5, 0.6) is 5.75 Å². The number of benzene rings is 1. The van der Waals surface area contributed by atoms with Gasteiger partial charge in [0.2, 0.25) is 0 Å². The van der Waals surface area contributed by atoms with Crippen molar-refractivity contribution in [1.82, 2.24) is 0 Å². The Morgan fingerprint density at radius 3 is 2.59 bits per heavy atom. The molecule has 162 valence electrons. The monoisotopic (exact) mass is 404 g/mol. The molecular formula is C24H36O5. The third-order valence-electron chi connectivity index (χ3n) is 5.81. The van der Waals surface area contributed by atoms with Crippen LogP contribution >= 0.6 is 0 Å². The molecule has 2 aliphatic rings. The number of unbranched alkanes of at least 4 members (excludes halogenated alkanes) is 1. The SMILES string of the molecule is CC(=O)OC1CC(C)OC(OCCCCc2ccc(OCC3CCCC3)cc2)C1. The van der Waals surface area contributed by atoms with Gasteiger partial charge in [-0.25, -0.2) is 0 Å². The van der Waals surface area contributed by atoms with Gasteiger partial charge in [-0.3, -0.25) is 4.79 Å². The number of carbonyl (C=O) groups is 1. The molecule has 1 aromatic rings. The van der Waals surface area contributed by atoms with Crippen molar-refractivity contribution in [2.24, 2.45) is 5.92 Å². The van der Waals surface area contributed by atoms with Crippen molar-refractivity contribution in [3.63, 3.8) is 0 Å².